The number of aromatic nitrogens is 2. The number of piperidine rings is 1. The van der Waals surface area contributed by atoms with Crippen molar-refractivity contribution in [1.29, 1.82) is 0 Å². The number of hydrogen-bond donors (Lipinski definition) is 1. The van der Waals surface area contributed by atoms with E-state index in [4.69, 9.17) is 11.6 Å². The van der Waals surface area contributed by atoms with Gasteiger partial charge in [0.2, 0.25) is 0 Å². The Balaban J connectivity index is 1.46. The number of nitrogens with zero attached hydrogens (tertiary/aromatic N) is 3. The molecule has 1 aromatic carbocycles. The van der Waals surface area contributed by atoms with E-state index in [1.165, 1.54) is 0 Å². The predicted molar refractivity (Wildman–Crippen MR) is 97.6 cm³/mol. The van der Waals surface area contributed by atoms with Crippen LogP contribution < -0.4 is 5.32 Å². The Morgan fingerprint density at radius 1 is 1.40 bits per heavy atom. The zero-order valence-corrected chi connectivity index (χ0v) is 15.1. The van der Waals surface area contributed by atoms with E-state index in [0.717, 1.165) is 48.5 Å². The number of carbonyl (C=O) groups excluding carboxylic acids is 1. The van der Waals surface area contributed by atoms with Crippen molar-refractivity contribution in [2.45, 2.75) is 6.42 Å². The first kappa shape index (κ1) is 16.6. The maximum Gasteiger partial charge on any atom is 0.274 e. The maximum atomic E-state index is 12.9. The summed E-state index contributed by atoms with van der Waals surface area (Å²) >= 11 is 6.08. The largest absolute Gasteiger partial charge is 0.340 e. The van der Waals surface area contributed by atoms with E-state index in [9.17, 15) is 4.79 Å². The third-order valence-electron chi connectivity index (χ3n) is 5.47. The molecule has 2 aliphatic rings. The normalized spacial score (nSPS) is 24.2. The molecule has 1 saturated carbocycles. The van der Waals surface area contributed by atoms with Gasteiger partial charge < -0.3 is 14.8 Å². The number of aryl methyl sites for hydroxylation is 1. The average Bonchev–Trinajstić information content (AvgIpc) is 2.98. The first-order chi connectivity index (χ1) is 12.1. The van der Waals surface area contributed by atoms with Crippen molar-refractivity contribution in [1.82, 2.24) is 19.8 Å². The molecule has 1 N–H and O–H groups in total. The van der Waals surface area contributed by atoms with Gasteiger partial charge in [-0.2, -0.15) is 0 Å². The highest BCUT2D eigenvalue weighted by Gasteiger charge is 2.53. The fourth-order valence-electron chi connectivity index (χ4n) is 3.99. The molecule has 6 heteroatoms. The van der Waals surface area contributed by atoms with Crippen LogP contribution in [0.2, 0.25) is 5.02 Å². The zero-order valence-electron chi connectivity index (χ0n) is 14.4. The molecule has 1 saturated heterocycles. The highest BCUT2D eigenvalue weighted by molar-refractivity contribution is 6.30. The lowest BCUT2D eigenvalue weighted by Gasteiger charge is -2.23. The van der Waals surface area contributed by atoms with Crippen molar-refractivity contribution in [3.63, 3.8) is 0 Å². The van der Waals surface area contributed by atoms with Gasteiger partial charge in [-0.05, 0) is 55.0 Å². The first-order valence-corrected chi connectivity index (χ1v) is 9.22. The highest BCUT2D eigenvalue weighted by Crippen LogP contribution is 2.49. The highest BCUT2D eigenvalue weighted by atomic mass is 35.5. The minimum atomic E-state index is 0.0283. The van der Waals surface area contributed by atoms with Crippen LogP contribution in [-0.2, 0) is 13.5 Å². The number of amides is 1. The van der Waals surface area contributed by atoms with Gasteiger partial charge in [0.15, 0.2) is 0 Å². The maximum absolute atomic E-state index is 12.9. The monoisotopic (exact) mass is 358 g/mol. The summed E-state index contributed by atoms with van der Waals surface area (Å²) < 4.78 is 1.82. The molecule has 0 bridgehead atoms. The summed E-state index contributed by atoms with van der Waals surface area (Å²) in [5, 5.41) is 4.16. The standard InChI is InChI=1S/C19H23ClN4O/c1-23-11-18(22-12-23)19(25)24(10-17-15-8-21-9-16(15)17)6-5-13-3-2-4-14(20)7-13/h2-4,7,11-12,15-17,21H,5-6,8-10H2,1H3. The average molecular weight is 359 g/mol. The number of benzene rings is 1. The lowest BCUT2D eigenvalue weighted by atomic mass is 10.1. The quantitative estimate of drug-likeness (QED) is 0.861. The molecule has 1 aromatic heterocycles. The lowest BCUT2D eigenvalue weighted by molar-refractivity contribution is 0.0738. The van der Waals surface area contributed by atoms with Crippen molar-refractivity contribution >= 4 is 17.5 Å². The van der Waals surface area contributed by atoms with Gasteiger partial charge in [-0.25, -0.2) is 4.98 Å². The van der Waals surface area contributed by atoms with E-state index in [1.807, 2.05) is 34.7 Å². The Morgan fingerprint density at radius 2 is 2.20 bits per heavy atom. The smallest absolute Gasteiger partial charge is 0.274 e. The summed E-state index contributed by atoms with van der Waals surface area (Å²) in [6, 6.07) is 7.87. The number of rotatable bonds is 6. The second-order valence-electron chi connectivity index (χ2n) is 7.21. The van der Waals surface area contributed by atoms with Crippen LogP contribution in [0, 0.1) is 17.8 Å². The Labute approximate surface area is 153 Å². The van der Waals surface area contributed by atoms with Crippen LogP contribution >= 0.6 is 11.6 Å². The number of halogens is 1. The van der Waals surface area contributed by atoms with Gasteiger partial charge in [0.1, 0.15) is 5.69 Å². The van der Waals surface area contributed by atoms with Gasteiger partial charge in [0, 0.05) is 31.4 Å². The SMILES string of the molecule is Cn1cnc(C(=O)N(CCc2cccc(Cl)c2)CC2C3CNCC32)c1. The zero-order chi connectivity index (χ0) is 17.4. The lowest BCUT2D eigenvalue weighted by Crippen LogP contribution is -2.36. The van der Waals surface area contributed by atoms with Gasteiger partial charge >= 0.3 is 0 Å². The van der Waals surface area contributed by atoms with Crippen LogP contribution in [-0.4, -0.2) is 46.5 Å². The molecule has 1 aliphatic heterocycles. The molecule has 1 amide bonds. The molecule has 2 aromatic rings. The molecule has 132 valence electrons. The van der Waals surface area contributed by atoms with Crippen LogP contribution in [0.1, 0.15) is 16.1 Å². The van der Waals surface area contributed by atoms with E-state index in [-0.39, 0.29) is 5.91 Å². The van der Waals surface area contributed by atoms with Crippen molar-refractivity contribution in [2.24, 2.45) is 24.8 Å². The van der Waals surface area contributed by atoms with Crippen molar-refractivity contribution in [3.05, 3.63) is 53.1 Å². The fourth-order valence-corrected chi connectivity index (χ4v) is 4.20. The molecule has 25 heavy (non-hydrogen) atoms. The number of fused-ring (bicyclic) bond motifs is 1. The van der Waals surface area contributed by atoms with Crippen LogP contribution in [0.3, 0.4) is 0 Å². The number of nitrogens with one attached hydrogen (secondary N) is 1. The molecule has 1 aliphatic carbocycles. The number of imidazole rings is 1. The van der Waals surface area contributed by atoms with E-state index in [1.54, 1.807) is 12.5 Å². The minimum Gasteiger partial charge on any atom is -0.340 e. The molecule has 2 fully saturated rings. The summed E-state index contributed by atoms with van der Waals surface area (Å²) in [7, 11) is 1.89. The topological polar surface area (TPSA) is 50.2 Å². The summed E-state index contributed by atoms with van der Waals surface area (Å²) in [5.41, 5.74) is 1.68. The van der Waals surface area contributed by atoms with Crippen LogP contribution in [0.25, 0.3) is 0 Å². The Hall–Kier alpha value is -1.85. The van der Waals surface area contributed by atoms with Crippen LogP contribution in [0.4, 0.5) is 0 Å². The van der Waals surface area contributed by atoms with E-state index in [0.29, 0.717) is 18.2 Å². The van der Waals surface area contributed by atoms with Gasteiger partial charge in [-0.3, -0.25) is 4.79 Å². The van der Waals surface area contributed by atoms with Crippen molar-refractivity contribution in [2.75, 3.05) is 26.2 Å². The molecular weight excluding hydrogens is 336 g/mol. The van der Waals surface area contributed by atoms with Gasteiger partial charge in [0.05, 0.1) is 6.33 Å². The van der Waals surface area contributed by atoms with Gasteiger partial charge in [0.25, 0.3) is 5.91 Å². The molecule has 0 spiro atoms. The summed E-state index contributed by atoms with van der Waals surface area (Å²) in [4.78, 5) is 19.2. The third kappa shape index (κ3) is 3.58. The molecular formula is C19H23ClN4O. The van der Waals surface area contributed by atoms with Crippen LogP contribution in [0.5, 0.6) is 0 Å². The number of hydrogen-bond acceptors (Lipinski definition) is 3. The van der Waals surface area contributed by atoms with Crippen LogP contribution in [0.15, 0.2) is 36.8 Å². The van der Waals surface area contributed by atoms with E-state index in [2.05, 4.69) is 16.4 Å². The third-order valence-corrected chi connectivity index (χ3v) is 5.71. The van der Waals surface area contributed by atoms with E-state index < -0.39 is 0 Å². The van der Waals surface area contributed by atoms with Gasteiger partial charge in [-0.15, -0.1) is 0 Å². The second kappa shape index (κ2) is 6.81. The number of carbonyl (C=O) groups is 1. The fraction of sp³-hybridized carbons (Fsp3) is 0.474. The van der Waals surface area contributed by atoms with Crippen molar-refractivity contribution in [3.8, 4) is 0 Å². The molecule has 0 radical (unpaired) electrons. The molecule has 2 unspecified atom stereocenters. The van der Waals surface area contributed by atoms with Gasteiger partial charge in [-0.1, -0.05) is 23.7 Å². The minimum absolute atomic E-state index is 0.0283. The summed E-state index contributed by atoms with van der Waals surface area (Å²) in [6.45, 7) is 3.70. The Morgan fingerprint density at radius 3 is 2.88 bits per heavy atom. The molecule has 2 atom stereocenters. The molecule has 4 rings (SSSR count). The Kier molecular flexibility index (Phi) is 4.52. The van der Waals surface area contributed by atoms with Crippen molar-refractivity contribution < 1.29 is 4.79 Å². The second-order valence-corrected chi connectivity index (χ2v) is 7.64. The first-order valence-electron chi connectivity index (χ1n) is 8.84. The van der Waals surface area contributed by atoms with E-state index >= 15 is 0 Å². The summed E-state index contributed by atoms with van der Waals surface area (Å²) in [5.74, 6) is 2.14. The molecule has 5 nitrogen and oxygen atoms in total. The molecule has 2 heterocycles. The summed E-state index contributed by atoms with van der Waals surface area (Å²) in [6.07, 6.45) is 4.28. The predicted octanol–water partition coefficient (Wildman–Crippen LogP) is 2.22. The Bertz CT molecular complexity index is 764.